The van der Waals surface area contributed by atoms with Crippen LogP contribution >= 0.6 is 11.8 Å². The van der Waals surface area contributed by atoms with Gasteiger partial charge in [-0.2, -0.15) is 0 Å². The predicted molar refractivity (Wildman–Crippen MR) is 105 cm³/mol. The van der Waals surface area contributed by atoms with Crippen molar-refractivity contribution in [2.24, 2.45) is 0 Å². The van der Waals surface area contributed by atoms with Crippen LogP contribution in [0.3, 0.4) is 0 Å². The first-order valence-corrected chi connectivity index (χ1v) is 9.97. The van der Waals surface area contributed by atoms with Crippen LogP contribution in [0.5, 0.6) is 11.6 Å². The van der Waals surface area contributed by atoms with Crippen molar-refractivity contribution < 1.29 is 24.6 Å². The van der Waals surface area contributed by atoms with Crippen LogP contribution in [-0.4, -0.2) is 32.3 Å². The molecule has 1 unspecified atom stereocenters. The Morgan fingerprint density at radius 1 is 1.30 bits per heavy atom. The zero-order chi connectivity index (χ0) is 21.6. The van der Waals surface area contributed by atoms with Crippen molar-refractivity contribution in [1.82, 2.24) is 10.1 Å². The third-order valence-electron chi connectivity index (χ3n) is 4.74. The number of anilines is 1. The number of para-hydroxylation sites is 1. The summed E-state index contributed by atoms with van der Waals surface area (Å²) in [5.41, 5.74) is 0.779. The Kier molecular flexibility index (Phi) is 4.74. The van der Waals surface area contributed by atoms with E-state index < -0.39 is 22.9 Å². The molecular formula is C19H15N5O5S. The fourth-order valence-corrected chi connectivity index (χ4v) is 3.85. The van der Waals surface area contributed by atoms with E-state index in [4.69, 9.17) is 0 Å². The molecular weight excluding hydrogens is 410 g/mol. The quantitative estimate of drug-likeness (QED) is 0.290. The number of nitro groups is 1. The molecule has 0 radical (unpaired) electrons. The smallest absolute Gasteiger partial charge is 0.296 e. The van der Waals surface area contributed by atoms with E-state index >= 15 is 0 Å². The molecule has 0 fully saturated rings. The van der Waals surface area contributed by atoms with Gasteiger partial charge >= 0.3 is 0 Å². The van der Waals surface area contributed by atoms with Crippen LogP contribution in [0.25, 0.3) is 11.3 Å². The second-order valence-corrected chi connectivity index (χ2v) is 7.25. The highest BCUT2D eigenvalue weighted by Crippen LogP contribution is 2.42. The van der Waals surface area contributed by atoms with Crippen molar-refractivity contribution in [3.63, 3.8) is 0 Å². The minimum absolute atomic E-state index is 0.0605. The van der Waals surface area contributed by atoms with Crippen molar-refractivity contribution in [2.75, 3.05) is 11.2 Å². The molecule has 0 aliphatic carbocycles. The number of thioether (sulfide) groups is 1. The van der Waals surface area contributed by atoms with Gasteiger partial charge in [-0.25, -0.2) is 9.88 Å². The number of aromatic hydroxyl groups is 1. The Balaban J connectivity index is 2.10. The van der Waals surface area contributed by atoms with Crippen molar-refractivity contribution in [1.29, 1.82) is 0 Å². The molecule has 10 nitrogen and oxygen atoms in total. The molecule has 30 heavy (non-hydrogen) atoms. The van der Waals surface area contributed by atoms with Crippen LogP contribution in [0.1, 0.15) is 18.7 Å². The van der Waals surface area contributed by atoms with Gasteiger partial charge in [0.1, 0.15) is 5.75 Å². The van der Waals surface area contributed by atoms with Crippen molar-refractivity contribution in [2.45, 2.75) is 18.2 Å². The summed E-state index contributed by atoms with van der Waals surface area (Å²) in [5, 5.41) is 39.3. The van der Waals surface area contributed by atoms with Crippen LogP contribution < -0.4 is 14.7 Å². The van der Waals surface area contributed by atoms with Gasteiger partial charge < -0.3 is 10.2 Å². The second-order valence-electron chi connectivity index (χ2n) is 6.48. The maximum atomic E-state index is 12.9. The normalized spacial score (nSPS) is 14.7. The largest absolute Gasteiger partial charge is 0.854 e. The topological polar surface area (TPSA) is 136 Å². The average molecular weight is 425 g/mol. The van der Waals surface area contributed by atoms with Crippen LogP contribution in [0.15, 0.2) is 47.6 Å². The highest BCUT2D eigenvalue weighted by atomic mass is 32.2. The number of nitrogens with zero attached hydrogens (tertiary/aromatic N) is 5. The number of carbonyl (C=O) groups is 1. The summed E-state index contributed by atoms with van der Waals surface area (Å²) >= 11 is 1.14. The molecule has 0 saturated carbocycles. The summed E-state index contributed by atoms with van der Waals surface area (Å²) < 4.78 is 1.30. The van der Waals surface area contributed by atoms with Crippen LogP contribution in [-0.2, 0) is 4.79 Å². The fourth-order valence-electron chi connectivity index (χ4n) is 3.50. The summed E-state index contributed by atoms with van der Waals surface area (Å²) in [6.45, 7) is 1.33. The van der Waals surface area contributed by atoms with E-state index in [1.807, 2.05) is 0 Å². The van der Waals surface area contributed by atoms with E-state index in [1.54, 1.807) is 30.5 Å². The molecule has 152 valence electrons. The van der Waals surface area contributed by atoms with E-state index in [1.165, 1.54) is 28.6 Å². The SMILES string of the molecule is CSc1nc([O-])c2[n+](n1)C(c1cc([N+](=O)[O-])ccc1O)N(C(C)=O)c1ccccc1-2. The number of benzene rings is 2. The third kappa shape index (κ3) is 2.99. The number of carbonyl (C=O) groups excluding carboxylic acids is 1. The maximum absolute atomic E-state index is 12.9. The van der Waals surface area contributed by atoms with Crippen molar-refractivity contribution >= 4 is 29.0 Å². The molecule has 2 heterocycles. The fraction of sp³-hybridized carbons (Fsp3) is 0.158. The zero-order valence-corrected chi connectivity index (χ0v) is 16.7. The molecule has 1 aliphatic heterocycles. The first kappa shape index (κ1) is 19.6. The zero-order valence-electron chi connectivity index (χ0n) is 15.8. The molecule has 11 heteroatoms. The number of non-ortho nitro benzene ring substituents is 1. The molecule has 1 amide bonds. The molecule has 0 bridgehead atoms. The molecule has 1 aliphatic rings. The summed E-state index contributed by atoms with van der Waals surface area (Å²) in [6.07, 6.45) is 0.579. The van der Waals surface area contributed by atoms with Crippen LogP contribution in [0.2, 0.25) is 0 Å². The standard InChI is InChI=1S/C19H15N5O5S/c1-10(25)22-14-6-4-3-5-12(14)16-17(27)20-19(30-2)21-23(16)18(22)13-9-11(24(28)29)7-8-15(13)26/h3-9,18H,1-2H3,(H-,20,21,26,27). The lowest BCUT2D eigenvalue weighted by Crippen LogP contribution is -2.58. The second kappa shape index (κ2) is 7.26. The Labute approximate surface area is 174 Å². The van der Waals surface area contributed by atoms with Crippen molar-refractivity contribution in [3.05, 3.63) is 58.1 Å². The lowest BCUT2D eigenvalue weighted by atomic mass is 10.0. The number of amides is 1. The van der Waals surface area contributed by atoms with Gasteiger partial charge in [0.05, 0.1) is 27.6 Å². The number of phenolic OH excluding ortho intramolecular Hbond substituents is 1. The number of phenols is 1. The molecule has 1 aromatic heterocycles. The van der Waals surface area contributed by atoms with Gasteiger partial charge in [-0.05, 0) is 24.5 Å². The van der Waals surface area contributed by atoms with Gasteiger partial charge in [-0.15, -0.1) is 0 Å². The lowest BCUT2D eigenvalue weighted by molar-refractivity contribution is -0.764. The molecule has 0 spiro atoms. The molecule has 3 aromatic rings. The number of fused-ring (bicyclic) bond motifs is 3. The molecule has 0 saturated heterocycles. The van der Waals surface area contributed by atoms with E-state index in [9.17, 15) is 25.1 Å². The van der Waals surface area contributed by atoms with E-state index in [2.05, 4.69) is 10.1 Å². The molecule has 2 aromatic carbocycles. The summed E-state index contributed by atoms with van der Waals surface area (Å²) in [6, 6.07) is 10.3. The van der Waals surface area contributed by atoms with Crippen molar-refractivity contribution in [3.8, 4) is 22.9 Å². The first-order valence-electron chi connectivity index (χ1n) is 8.75. The Bertz CT molecular complexity index is 1200. The summed E-state index contributed by atoms with van der Waals surface area (Å²) in [7, 11) is 0. The Morgan fingerprint density at radius 2 is 2.03 bits per heavy atom. The maximum Gasteiger partial charge on any atom is 0.296 e. The van der Waals surface area contributed by atoms with Crippen LogP contribution in [0, 0.1) is 10.1 Å². The Morgan fingerprint density at radius 3 is 2.70 bits per heavy atom. The number of nitro benzene ring substituents is 1. The third-order valence-corrected chi connectivity index (χ3v) is 5.28. The number of hydrogen-bond acceptors (Lipinski definition) is 8. The number of aromatic nitrogens is 3. The van der Waals surface area contributed by atoms with Crippen LogP contribution in [0.4, 0.5) is 11.4 Å². The van der Waals surface area contributed by atoms with Gasteiger partial charge in [-0.1, -0.05) is 28.6 Å². The first-order chi connectivity index (χ1) is 14.3. The molecule has 1 N–H and O–H groups in total. The van der Waals surface area contributed by atoms with Gasteiger partial charge in [-0.3, -0.25) is 14.9 Å². The van der Waals surface area contributed by atoms with Gasteiger partial charge in [0, 0.05) is 24.2 Å². The highest BCUT2D eigenvalue weighted by Gasteiger charge is 2.45. The van der Waals surface area contributed by atoms with Gasteiger partial charge in [0.15, 0.2) is 0 Å². The number of hydrogen-bond donors (Lipinski definition) is 1. The number of rotatable bonds is 3. The van der Waals surface area contributed by atoms with E-state index in [0.717, 1.165) is 17.8 Å². The van der Waals surface area contributed by atoms with Gasteiger partial charge in [0.25, 0.3) is 22.7 Å². The summed E-state index contributed by atoms with van der Waals surface area (Å²) in [5.74, 6) is -1.22. The lowest BCUT2D eigenvalue weighted by Gasteiger charge is -2.32. The minimum Gasteiger partial charge on any atom is -0.854 e. The van der Waals surface area contributed by atoms with E-state index in [0.29, 0.717) is 11.3 Å². The predicted octanol–water partition coefficient (Wildman–Crippen LogP) is 1.75. The Hall–Kier alpha value is -3.73. The van der Waals surface area contributed by atoms with E-state index in [-0.39, 0.29) is 27.9 Å². The minimum atomic E-state index is -1.12. The summed E-state index contributed by atoms with van der Waals surface area (Å²) in [4.78, 5) is 28.7. The molecule has 1 atom stereocenters. The highest BCUT2D eigenvalue weighted by molar-refractivity contribution is 7.98. The monoisotopic (exact) mass is 425 g/mol. The van der Waals surface area contributed by atoms with Gasteiger partial charge in [0.2, 0.25) is 5.91 Å². The average Bonchev–Trinajstić information content (AvgIpc) is 2.72. The molecule has 4 rings (SSSR count).